The van der Waals surface area contributed by atoms with Crippen molar-refractivity contribution in [1.82, 2.24) is 9.97 Å². The van der Waals surface area contributed by atoms with Crippen LogP contribution < -0.4 is 15.8 Å². The quantitative estimate of drug-likeness (QED) is 0.771. The Bertz CT molecular complexity index is 807. The van der Waals surface area contributed by atoms with Gasteiger partial charge in [-0.25, -0.2) is 4.98 Å². The van der Waals surface area contributed by atoms with Crippen molar-refractivity contribution in [2.75, 3.05) is 18.2 Å². The summed E-state index contributed by atoms with van der Waals surface area (Å²) in [5.74, 6) is 1.56. The van der Waals surface area contributed by atoms with Gasteiger partial charge in [-0.2, -0.15) is 4.98 Å². The Hall–Kier alpha value is -2.53. The van der Waals surface area contributed by atoms with Gasteiger partial charge < -0.3 is 15.8 Å². The number of fused-ring (bicyclic) bond motifs is 1. The predicted molar refractivity (Wildman–Crippen MR) is 92.2 cm³/mol. The van der Waals surface area contributed by atoms with E-state index in [1.807, 2.05) is 49.4 Å². The van der Waals surface area contributed by atoms with E-state index in [2.05, 4.69) is 15.3 Å². The van der Waals surface area contributed by atoms with Crippen LogP contribution in [0, 0.1) is 6.92 Å². The Morgan fingerprint density at radius 2 is 1.82 bits per heavy atom. The number of hydrogen-bond donors (Lipinski definition) is 2. The van der Waals surface area contributed by atoms with Gasteiger partial charge in [-0.05, 0) is 30.7 Å². The van der Waals surface area contributed by atoms with Crippen LogP contribution in [0.4, 0.5) is 17.5 Å². The molecule has 1 heterocycles. The molecule has 0 unspecified atom stereocenters. The van der Waals surface area contributed by atoms with E-state index in [1.165, 1.54) is 0 Å². The number of aryl methyl sites for hydroxylation is 1. The number of methoxy groups -OCH3 is 1. The summed E-state index contributed by atoms with van der Waals surface area (Å²) in [5.41, 5.74) is 8.64. The molecule has 0 aliphatic rings. The molecule has 0 amide bonds. The van der Waals surface area contributed by atoms with Crippen LogP contribution in [0.1, 0.15) is 5.56 Å². The van der Waals surface area contributed by atoms with Crippen LogP contribution in [0.15, 0.2) is 42.5 Å². The first-order valence-electron chi connectivity index (χ1n) is 6.62. The second-order valence-electron chi connectivity index (χ2n) is 4.73. The lowest BCUT2D eigenvalue weighted by atomic mass is 10.2. The Kier molecular flexibility index (Phi) is 4.68. The molecule has 1 aromatic heterocycles. The van der Waals surface area contributed by atoms with Crippen LogP contribution in [-0.4, -0.2) is 17.1 Å². The number of hydrogen-bond acceptors (Lipinski definition) is 5. The number of nitrogen functional groups attached to an aromatic ring is 1. The summed E-state index contributed by atoms with van der Waals surface area (Å²) in [6.07, 6.45) is 0. The topological polar surface area (TPSA) is 73.1 Å². The molecule has 3 aromatic rings. The van der Waals surface area contributed by atoms with E-state index >= 15 is 0 Å². The highest BCUT2D eigenvalue weighted by Crippen LogP contribution is 2.30. The van der Waals surface area contributed by atoms with Gasteiger partial charge in [-0.15, -0.1) is 12.4 Å². The minimum absolute atomic E-state index is 0. The number of rotatable bonds is 3. The first-order chi connectivity index (χ1) is 10.2. The number of nitrogens with one attached hydrogen (secondary N) is 1. The van der Waals surface area contributed by atoms with Gasteiger partial charge in [0, 0.05) is 11.1 Å². The summed E-state index contributed by atoms with van der Waals surface area (Å²) in [4.78, 5) is 8.59. The Morgan fingerprint density at radius 1 is 1.05 bits per heavy atom. The van der Waals surface area contributed by atoms with E-state index in [4.69, 9.17) is 10.5 Å². The van der Waals surface area contributed by atoms with Gasteiger partial charge in [0.2, 0.25) is 5.95 Å². The zero-order valence-electron chi connectivity index (χ0n) is 12.3. The predicted octanol–water partition coefficient (Wildman–Crippen LogP) is 3.69. The summed E-state index contributed by atoms with van der Waals surface area (Å²) in [5, 5.41) is 4.19. The Labute approximate surface area is 134 Å². The fraction of sp³-hybridized carbons (Fsp3) is 0.125. The van der Waals surface area contributed by atoms with Crippen molar-refractivity contribution in [3.8, 4) is 5.75 Å². The number of halogens is 1. The number of aromatic nitrogens is 2. The maximum Gasteiger partial charge on any atom is 0.222 e. The van der Waals surface area contributed by atoms with Gasteiger partial charge in [-0.3, -0.25) is 0 Å². The second kappa shape index (κ2) is 6.49. The number of anilines is 3. The summed E-state index contributed by atoms with van der Waals surface area (Å²) < 4.78 is 5.34. The van der Waals surface area contributed by atoms with E-state index < -0.39 is 0 Å². The van der Waals surface area contributed by atoms with Gasteiger partial charge in [0.05, 0.1) is 7.11 Å². The molecule has 2 aromatic carbocycles. The Morgan fingerprint density at radius 3 is 2.55 bits per heavy atom. The number of nitrogens with zero attached hydrogens (tertiary/aromatic N) is 2. The monoisotopic (exact) mass is 316 g/mol. The highest BCUT2D eigenvalue weighted by atomic mass is 35.5. The zero-order valence-corrected chi connectivity index (χ0v) is 13.1. The number of benzene rings is 2. The normalized spacial score (nSPS) is 10.1. The van der Waals surface area contributed by atoms with Gasteiger partial charge >= 0.3 is 0 Å². The van der Waals surface area contributed by atoms with Crippen molar-refractivity contribution in [3.05, 3.63) is 48.0 Å². The van der Waals surface area contributed by atoms with Crippen molar-refractivity contribution in [3.63, 3.8) is 0 Å². The minimum Gasteiger partial charge on any atom is -0.494 e. The minimum atomic E-state index is 0. The van der Waals surface area contributed by atoms with Crippen LogP contribution in [0.25, 0.3) is 10.9 Å². The van der Waals surface area contributed by atoms with E-state index in [0.29, 0.717) is 17.1 Å². The average Bonchev–Trinajstić information content (AvgIpc) is 2.49. The molecule has 5 nitrogen and oxygen atoms in total. The SMILES string of the molecule is COc1cccc2c(Nc3ccccc3C)nc(N)nc12.Cl. The van der Waals surface area contributed by atoms with Crippen molar-refractivity contribution in [1.29, 1.82) is 0 Å². The van der Waals surface area contributed by atoms with Crippen LogP contribution >= 0.6 is 12.4 Å². The molecule has 0 radical (unpaired) electrons. The molecule has 6 heteroatoms. The first-order valence-corrected chi connectivity index (χ1v) is 6.62. The summed E-state index contributed by atoms with van der Waals surface area (Å²) in [6.45, 7) is 2.04. The molecule has 0 fully saturated rings. The van der Waals surface area contributed by atoms with Gasteiger partial charge in [0.25, 0.3) is 0 Å². The summed E-state index contributed by atoms with van der Waals surface area (Å²) in [7, 11) is 1.61. The third-order valence-corrected chi connectivity index (χ3v) is 3.32. The highest BCUT2D eigenvalue weighted by Gasteiger charge is 2.11. The number of ether oxygens (including phenoxy) is 1. The third-order valence-electron chi connectivity index (χ3n) is 3.32. The molecule has 0 saturated carbocycles. The second-order valence-corrected chi connectivity index (χ2v) is 4.73. The lowest BCUT2D eigenvalue weighted by molar-refractivity contribution is 0.419. The molecule has 0 atom stereocenters. The van der Waals surface area contributed by atoms with Crippen LogP contribution in [-0.2, 0) is 0 Å². The lowest BCUT2D eigenvalue weighted by Crippen LogP contribution is -2.03. The molecule has 0 aliphatic carbocycles. The smallest absolute Gasteiger partial charge is 0.222 e. The lowest BCUT2D eigenvalue weighted by Gasteiger charge is -2.12. The molecule has 0 bridgehead atoms. The molecule has 3 N–H and O–H groups in total. The average molecular weight is 317 g/mol. The third kappa shape index (κ3) is 2.89. The standard InChI is InChI=1S/C16H16N4O.ClH/c1-10-6-3-4-8-12(10)18-15-11-7-5-9-13(21-2)14(11)19-16(17)20-15;/h3-9H,1-2H3,(H3,17,18,19,20);1H. The fourth-order valence-corrected chi connectivity index (χ4v) is 2.24. The highest BCUT2D eigenvalue weighted by molar-refractivity contribution is 5.95. The van der Waals surface area contributed by atoms with E-state index in [0.717, 1.165) is 16.6 Å². The molecule has 22 heavy (non-hydrogen) atoms. The first kappa shape index (κ1) is 15.9. The zero-order chi connectivity index (χ0) is 14.8. The number of nitrogens with two attached hydrogens (primary N) is 1. The molecule has 3 rings (SSSR count). The van der Waals surface area contributed by atoms with Gasteiger partial charge in [0.15, 0.2) is 0 Å². The molecular weight excluding hydrogens is 300 g/mol. The molecule has 0 spiro atoms. The number of para-hydroxylation sites is 2. The van der Waals surface area contributed by atoms with Crippen molar-refractivity contribution in [2.24, 2.45) is 0 Å². The largest absolute Gasteiger partial charge is 0.494 e. The van der Waals surface area contributed by atoms with E-state index in [-0.39, 0.29) is 18.4 Å². The van der Waals surface area contributed by atoms with E-state index in [9.17, 15) is 0 Å². The Balaban J connectivity index is 0.00000176. The maximum atomic E-state index is 5.82. The maximum absolute atomic E-state index is 5.82. The molecule has 0 aliphatic heterocycles. The van der Waals surface area contributed by atoms with Crippen molar-refractivity contribution < 1.29 is 4.74 Å². The molecule has 0 saturated heterocycles. The van der Waals surface area contributed by atoms with Crippen LogP contribution in [0.2, 0.25) is 0 Å². The summed E-state index contributed by atoms with van der Waals surface area (Å²) >= 11 is 0. The van der Waals surface area contributed by atoms with Crippen molar-refractivity contribution >= 4 is 40.8 Å². The molecule has 114 valence electrons. The van der Waals surface area contributed by atoms with Crippen LogP contribution in [0.5, 0.6) is 5.75 Å². The van der Waals surface area contributed by atoms with Gasteiger partial charge in [-0.1, -0.05) is 24.3 Å². The van der Waals surface area contributed by atoms with Crippen LogP contribution in [0.3, 0.4) is 0 Å². The fourth-order valence-electron chi connectivity index (χ4n) is 2.24. The van der Waals surface area contributed by atoms with Crippen molar-refractivity contribution in [2.45, 2.75) is 6.92 Å². The summed E-state index contributed by atoms with van der Waals surface area (Å²) in [6, 6.07) is 13.7. The molecular formula is C16H17ClN4O. The van der Waals surface area contributed by atoms with Gasteiger partial charge in [0.1, 0.15) is 17.1 Å². The van der Waals surface area contributed by atoms with E-state index in [1.54, 1.807) is 7.11 Å².